The minimum Gasteiger partial charge on any atom is -0.444 e. The van der Waals surface area contributed by atoms with Crippen LogP contribution in [-0.4, -0.2) is 96.9 Å². The van der Waals surface area contributed by atoms with Crippen LogP contribution in [0.4, 0.5) is 15.4 Å². The predicted octanol–water partition coefficient (Wildman–Crippen LogP) is 9.12. The van der Waals surface area contributed by atoms with Crippen molar-refractivity contribution in [3.8, 4) is 22.2 Å². The molecule has 60 heavy (non-hydrogen) atoms. The smallest absolute Gasteiger partial charge is 0.410 e. The van der Waals surface area contributed by atoms with Crippen LogP contribution in [0.1, 0.15) is 79.8 Å². The number of nitrogens with zero attached hydrogens (tertiary/aromatic N) is 6. The molecule has 2 aromatic carbocycles. The molecule has 3 aromatic heterocycles. The molecule has 5 aromatic rings. The zero-order valence-corrected chi connectivity index (χ0v) is 36.6. The molecule has 2 amide bonds. The lowest BCUT2D eigenvalue weighted by atomic mass is 10.0. The third-order valence-corrected chi connectivity index (χ3v) is 11.2. The number of ether oxygens (including phenoxy) is 5. The maximum Gasteiger partial charge on any atom is 0.410 e. The highest BCUT2D eigenvalue weighted by Gasteiger charge is 2.55. The van der Waals surface area contributed by atoms with Crippen LogP contribution in [0.25, 0.3) is 21.6 Å². The van der Waals surface area contributed by atoms with Crippen LogP contribution < -0.4 is 10.5 Å². The highest BCUT2D eigenvalue weighted by molar-refractivity contribution is 7.13. The van der Waals surface area contributed by atoms with Gasteiger partial charge in [-0.3, -0.25) is 0 Å². The molecule has 7 rings (SSSR count). The number of benzene rings is 2. The number of para-hydroxylation sites is 1. The van der Waals surface area contributed by atoms with Crippen LogP contribution >= 0.6 is 11.3 Å². The molecular weight excluding hydrogens is 783 g/mol. The van der Waals surface area contributed by atoms with E-state index in [1.54, 1.807) is 9.80 Å². The molecule has 1 saturated heterocycles. The molecule has 4 atom stereocenters. The van der Waals surface area contributed by atoms with Gasteiger partial charge in [0.2, 0.25) is 5.88 Å². The van der Waals surface area contributed by atoms with Crippen molar-refractivity contribution in [1.82, 2.24) is 29.3 Å². The van der Waals surface area contributed by atoms with Crippen molar-refractivity contribution < 1.29 is 33.3 Å². The number of fused-ring (bicyclic) bond motifs is 2. The first-order chi connectivity index (χ1) is 28.4. The van der Waals surface area contributed by atoms with Crippen LogP contribution in [0.3, 0.4) is 0 Å². The Hall–Kier alpha value is -5.25. The van der Waals surface area contributed by atoms with Crippen LogP contribution in [-0.2, 0) is 25.4 Å². The first-order valence-corrected chi connectivity index (χ1v) is 21.5. The monoisotopic (exact) mass is 839 g/mol. The lowest BCUT2D eigenvalue weighted by Crippen LogP contribution is -2.44. The number of anilines is 1. The lowest BCUT2D eigenvalue weighted by Gasteiger charge is -2.32. The van der Waals surface area contributed by atoms with Crippen LogP contribution in [0.2, 0.25) is 0 Å². The average molecular weight is 840 g/mol. The number of rotatable bonds is 13. The van der Waals surface area contributed by atoms with Crippen LogP contribution in [0, 0.1) is 5.92 Å². The number of carbonyl (C=O) groups excluding carboxylic acids is 2. The van der Waals surface area contributed by atoms with E-state index in [9.17, 15) is 9.59 Å². The van der Waals surface area contributed by atoms with Gasteiger partial charge in [0.15, 0.2) is 5.79 Å². The maximum absolute atomic E-state index is 14.0. The van der Waals surface area contributed by atoms with Gasteiger partial charge in [-0.2, -0.15) is 0 Å². The molecule has 2 fully saturated rings. The largest absolute Gasteiger partial charge is 0.444 e. The molecule has 1 aliphatic heterocycles. The fourth-order valence-electron chi connectivity index (χ4n) is 7.92. The second kappa shape index (κ2) is 17.4. The Bertz CT molecular complexity index is 2250. The summed E-state index contributed by atoms with van der Waals surface area (Å²) < 4.78 is 33.2. The zero-order chi connectivity index (χ0) is 42.8. The quantitative estimate of drug-likeness (QED) is 0.121. The predicted molar refractivity (Wildman–Crippen MR) is 231 cm³/mol. The molecule has 1 aliphatic carbocycles. The van der Waals surface area contributed by atoms with Gasteiger partial charge in [-0.1, -0.05) is 48.5 Å². The van der Waals surface area contributed by atoms with Gasteiger partial charge in [0.1, 0.15) is 45.9 Å². The number of hydrogen-bond acceptors (Lipinski definition) is 12. The van der Waals surface area contributed by atoms with Gasteiger partial charge in [-0.05, 0) is 92.3 Å². The highest BCUT2D eigenvalue weighted by Crippen LogP contribution is 2.49. The number of nitrogen functional groups attached to an aromatic ring is 1. The fourth-order valence-corrected chi connectivity index (χ4v) is 8.66. The van der Waals surface area contributed by atoms with Gasteiger partial charge in [-0.25, -0.2) is 24.5 Å². The van der Waals surface area contributed by atoms with E-state index in [0.29, 0.717) is 78.9 Å². The van der Waals surface area contributed by atoms with Gasteiger partial charge in [0.05, 0.1) is 22.9 Å². The number of hydrogen-bond donors (Lipinski definition) is 1. The Morgan fingerprint density at radius 1 is 0.883 bits per heavy atom. The van der Waals surface area contributed by atoms with Gasteiger partial charge in [0, 0.05) is 43.9 Å². The maximum atomic E-state index is 14.0. The zero-order valence-electron chi connectivity index (χ0n) is 35.8. The van der Waals surface area contributed by atoms with E-state index in [4.69, 9.17) is 39.4 Å². The Morgan fingerprint density at radius 2 is 1.52 bits per heavy atom. The SMILES string of the molecule is CC(C)(C)OC(=O)N(CCCN(C[C@H]1C[C@@H](n2cc(-c3nc(Oc4ccccc4)cs3)c3c(N)ncnc32)[C@@H]2OC(C)(C)O[C@H]12)C(=O)OC(C)(C)C)CCc1ccccc1. The van der Waals surface area contributed by atoms with E-state index in [-0.39, 0.29) is 30.3 Å². The minimum atomic E-state index is -0.867. The Labute approximate surface area is 356 Å². The second-order valence-electron chi connectivity index (χ2n) is 17.9. The fraction of sp³-hybridized carbons (Fsp3) is 0.489. The van der Waals surface area contributed by atoms with Crippen molar-refractivity contribution in [2.24, 2.45) is 5.92 Å². The molecule has 0 spiro atoms. The lowest BCUT2D eigenvalue weighted by molar-refractivity contribution is -0.160. The molecule has 4 heterocycles. The van der Waals surface area contributed by atoms with E-state index >= 15 is 0 Å². The van der Waals surface area contributed by atoms with E-state index in [1.807, 2.05) is 128 Å². The van der Waals surface area contributed by atoms with Crippen LogP contribution in [0.15, 0.2) is 78.6 Å². The van der Waals surface area contributed by atoms with Gasteiger partial charge >= 0.3 is 12.2 Å². The molecule has 0 unspecified atom stereocenters. The summed E-state index contributed by atoms with van der Waals surface area (Å²) in [6, 6.07) is 19.3. The first kappa shape index (κ1) is 42.9. The average Bonchev–Trinajstić information content (AvgIpc) is 3.94. The summed E-state index contributed by atoms with van der Waals surface area (Å²) in [5.41, 5.74) is 7.75. The molecular formula is C45H57N7O7S. The summed E-state index contributed by atoms with van der Waals surface area (Å²) in [6.07, 6.45) is 3.76. The molecule has 14 nitrogen and oxygen atoms in total. The summed E-state index contributed by atoms with van der Waals surface area (Å²) in [5.74, 6) is 0.493. The Kier molecular flexibility index (Phi) is 12.4. The van der Waals surface area contributed by atoms with Crippen molar-refractivity contribution in [3.05, 3.63) is 84.1 Å². The summed E-state index contributed by atoms with van der Waals surface area (Å²) >= 11 is 1.45. The van der Waals surface area contributed by atoms with Crippen molar-refractivity contribution in [2.45, 2.75) is 110 Å². The van der Waals surface area contributed by atoms with Crippen molar-refractivity contribution >= 4 is 40.4 Å². The number of aromatic nitrogens is 4. The molecule has 15 heteroatoms. The minimum absolute atomic E-state index is 0.139. The first-order valence-electron chi connectivity index (χ1n) is 20.6. The molecule has 0 bridgehead atoms. The van der Waals surface area contributed by atoms with Gasteiger partial charge in [0.25, 0.3) is 0 Å². The molecule has 2 N–H and O–H groups in total. The van der Waals surface area contributed by atoms with Gasteiger partial charge < -0.3 is 43.8 Å². The Balaban J connectivity index is 1.14. The topological polar surface area (TPSA) is 156 Å². The molecule has 0 radical (unpaired) electrons. The summed E-state index contributed by atoms with van der Waals surface area (Å²) in [7, 11) is 0. The van der Waals surface area contributed by atoms with E-state index in [1.165, 1.54) is 17.7 Å². The second-order valence-corrected chi connectivity index (χ2v) is 18.8. The molecule has 1 saturated carbocycles. The summed E-state index contributed by atoms with van der Waals surface area (Å²) in [4.78, 5) is 44.8. The van der Waals surface area contributed by atoms with Gasteiger partial charge in [-0.15, -0.1) is 11.3 Å². The van der Waals surface area contributed by atoms with Crippen molar-refractivity contribution in [1.29, 1.82) is 0 Å². The third-order valence-electron chi connectivity index (χ3n) is 10.4. The third kappa shape index (κ3) is 10.4. The van der Waals surface area contributed by atoms with E-state index in [2.05, 4.69) is 9.55 Å². The molecule has 2 aliphatic rings. The van der Waals surface area contributed by atoms with E-state index in [0.717, 1.165) is 11.1 Å². The number of amides is 2. The summed E-state index contributed by atoms with van der Waals surface area (Å²) in [6.45, 7) is 16.5. The molecule has 320 valence electrons. The van der Waals surface area contributed by atoms with Crippen LogP contribution in [0.5, 0.6) is 11.6 Å². The van der Waals surface area contributed by atoms with E-state index < -0.39 is 23.1 Å². The van der Waals surface area contributed by atoms with Crippen molar-refractivity contribution in [2.75, 3.05) is 31.9 Å². The highest BCUT2D eigenvalue weighted by atomic mass is 32.1. The number of nitrogens with two attached hydrogens (primary N) is 1. The standard InChI is InChI=1S/C45H57N7O7S/c1-43(2,3)58-41(53)50(23-20-29-16-11-9-12-17-29)21-15-22-51(42(54)59-44(4,5)6)25-30-24-33(37-36(30)56-45(7,8)57-37)52-26-32(35-38(46)47-28-48-39(35)52)40-49-34(27-60-40)55-31-18-13-10-14-19-31/h9-14,16-19,26-28,30,33,36-37H,15,20-25H2,1-8H3,(H2,46,47,48)/t30-,33-,36-,37+/m1/s1. The summed E-state index contributed by atoms with van der Waals surface area (Å²) in [5, 5.41) is 3.26. The number of thiazole rings is 1. The normalized spacial score (nSPS) is 19.9. The number of carbonyl (C=O) groups is 2. The van der Waals surface area contributed by atoms with Crippen molar-refractivity contribution in [3.63, 3.8) is 0 Å². The Morgan fingerprint density at radius 3 is 2.20 bits per heavy atom.